The molecule has 0 aliphatic carbocycles. The fraction of sp³-hybridized carbons (Fsp3) is 0.0909. The molecule has 8 nitrogen and oxygen atoms in total. The first-order valence-electron chi connectivity index (χ1n) is 9.17. The summed E-state index contributed by atoms with van der Waals surface area (Å²) in [5.74, 6) is -0.631. The SMILES string of the molecule is CCOc1ccc(C(=O)Nc2ccc(NC(=O)c3ccccc3)cc2)cc1[N+](=O)[O-]. The number of carbonyl (C=O) groups is 2. The molecule has 0 aliphatic heterocycles. The summed E-state index contributed by atoms with van der Waals surface area (Å²) >= 11 is 0. The van der Waals surface area contributed by atoms with Gasteiger partial charge >= 0.3 is 5.69 Å². The van der Waals surface area contributed by atoms with Crippen LogP contribution in [-0.2, 0) is 0 Å². The number of nitrogens with zero attached hydrogens (tertiary/aromatic N) is 1. The molecule has 0 aromatic heterocycles. The number of carbonyl (C=O) groups excluding carboxylic acids is 2. The van der Waals surface area contributed by atoms with E-state index in [0.717, 1.165) is 0 Å². The van der Waals surface area contributed by atoms with Crippen LogP contribution < -0.4 is 15.4 Å². The number of nitrogens with one attached hydrogen (secondary N) is 2. The highest BCUT2D eigenvalue weighted by molar-refractivity contribution is 6.06. The van der Waals surface area contributed by atoms with E-state index < -0.39 is 10.8 Å². The molecular weight excluding hydrogens is 386 g/mol. The van der Waals surface area contributed by atoms with Gasteiger partial charge in [0, 0.05) is 28.6 Å². The van der Waals surface area contributed by atoms with Gasteiger partial charge in [0.2, 0.25) is 0 Å². The van der Waals surface area contributed by atoms with Gasteiger partial charge in [-0.15, -0.1) is 0 Å². The lowest BCUT2D eigenvalue weighted by molar-refractivity contribution is -0.385. The van der Waals surface area contributed by atoms with Crippen LogP contribution in [0.1, 0.15) is 27.6 Å². The van der Waals surface area contributed by atoms with Crippen LogP contribution in [0.3, 0.4) is 0 Å². The van der Waals surface area contributed by atoms with Crippen molar-refractivity contribution in [2.45, 2.75) is 6.92 Å². The van der Waals surface area contributed by atoms with E-state index in [4.69, 9.17) is 4.74 Å². The first-order valence-corrected chi connectivity index (χ1v) is 9.17. The Hall–Kier alpha value is -4.20. The van der Waals surface area contributed by atoms with Gasteiger partial charge in [-0.3, -0.25) is 19.7 Å². The summed E-state index contributed by atoms with van der Waals surface area (Å²) in [5, 5.41) is 16.7. The van der Waals surface area contributed by atoms with E-state index in [2.05, 4.69) is 10.6 Å². The normalized spacial score (nSPS) is 10.2. The van der Waals surface area contributed by atoms with Gasteiger partial charge in [0.15, 0.2) is 5.75 Å². The Morgan fingerprint density at radius 1 is 0.867 bits per heavy atom. The fourth-order valence-electron chi connectivity index (χ4n) is 2.71. The maximum atomic E-state index is 12.5. The van der Waals surface area contributed by atoms with Crippen molar-refractivity contribution in [3.05, 3.63) is 94.0 Å². The highest BCUT2D eigenvalue weighted by Gasteiger charge is 2.18. The molecule has 2 N–H and O–H groups in total. The Labute approximate surface area is 172 Å². The molecule has 0 bridgehead atoms. The summed E-state index contributed by atoms with van der Waals surface area (Å²) in [5.41, 5.74) is 1.44. The molecule has 0 fully saturated rings. The second kappa shape index (κ2) is 9.33. The van der Waals surface area contributed by atoms with Crippen molar-refractivity contribution < 1.29 is 19.2 Å². The van der Waals surface area contributed by atoms with E-state index in [1.807, 2.05) is 6.07 Å². The van der Waals surface area contributed by atoms with Gasteiger partial charge in [-0.2, -0.15) is 0 Å². The first kappa shape index (κ1) is 20.5. The smallest absolute Gasteiger partial charge is 0.311 e. The fourth-order valence-corrected chi connectivity index (χ4v) is 2.71. The first-order chi connectivity index (χ1) is 14.5. The maximum absolute atomic E-state index is 12.5. The minimum atomic E-state index is -0.591. The summed E-state index contributed by atoms with van der Waals surface area (Å²) in [4.78, 5) is 35.3. The molecule has 0 atom stereocenters. The third-order valence-electron chi connectivity index (χ3n) is 4.15. The summed E-state index contributed by atoms with van der Waals surface area (Å²) in [7, 11) is 0. The molecule has 0 unspecified atom stereocenters. The van der Waals surface area contributed by atoms with Gasteiger partial charge < -0.3 is 15.4 Å². The Morgan fingerprint density at radius 3 is 1.97 bits per heavy atom. The molecule has 0 saturated carbocycles. The molecular formula is C22H19N3O5. The number of nitro benzene ring substituents is 1. The van der Waals surface area contributed by atoms with Gasteiger partial charge in [0.25, 0.3) is 11.8 Å². The van der Waals surface area contributed by atoms with Crippen LogP contribution >= 0.6 is 0 Å². The summed E-state index contributed by atoms with van der Waals surface area (Å²) in [6.07, 6.45) is 0. The molecule has 30 heavy (non-hydrogen) atoms. The van der Waals surface area contributed by atoms with E-state index in [-0.39, 0.29) is 29.5 Å². The lowest BCUT2D eigenvalue weighted by Gasteiger charge is -2.09. The van der Waals surface area contributed by atoms with Crippen LogP contribution in [0.25, 0.3) is 0 Å². The van der Waals surface area contributed by atoms with Crippen LogP contribution in [0.2, 0.25) is 0 Å². The lowest BCUT2D eigenvalue weighted by atomic mass is 10.1. The minimum Gasteiger partial charge on any atom is -0.487 e. The molecule has 0 saturated heterocycles. The summed E-state index contributed by atoms with van der Waals surface area (Å²) in [6.45, 7) is 2.00. The lowest BCUT2D eigenvalue weighted by Crippen LogP contribution is -2.13. The van der Waals surface area contributed by atoms with E-state index in [0.29, 0.717) is 16.9 Å². The maximum Gasteiger partial charge on any atom is 0.311 e. The number of ether oxygens (including phenoxy) is 1. The highest BCUT2D eigenvalue weighted by Crippen LogP contribution is 2.28. The Kier molecular flexibility index (Phi) is 6.39. The highest BCUT2D eigenvalue weighted by atomic mass is 16.6. The van der Waals surface area contributed by atoms with Gasteiger partial charge in [-0.05, 0) is 55.5 Å². The number of hydrogen-bond donors (Lipinski definition) is 2. The van der Waals surface area contributed by atoms with Crippen LogP contribution in [0.5, 0.6) is 5.75 Å². The Morgan fingerprint density at radius 2 is 1.43 bits per heavy atom. The van der Waals surface area contributed by atoms with Crippen LogP contribution in [0.15, 0.2) is 72.8 Å². The standard InChI is InChI=1S/C22H19N3O5/c1-2-30-20-13-8-16(14-19(20)25(28)29)22(27)24-18-11-9-17(10-12-18)23-21(26)15-6-4-3-5-7-15/h3-14H,2H2,1H3,(H,23,26)(H,24,27). The molecule has 0 radical (unpaired) electrons. The second-order valence-electron chi connectivity index (χ2n) is 6.22. The second-order valence-corrected chi connectivity index (χ2v) is 6.22. The van der Waals surface area contributed by atoms with Crippen molar-refractivity contribution in [3.63, 3.8) is 0 Å². The van der Waals surface area contributed by atoms with Crippen molar-refractivity contribution >= 4 is 28.9 Å². The molecule has 3 aromatic rings. The van der Waals surface area contributed by atoms with Gasteiger partial charge in [-0.1, -0.05) is 18.2 Å². The molecule has 0 spiro atoms. The number of benzene rings is 3. The van der Waals surface area contributed by atoms with Crippen molar-refractivity contribution in [2.24, 2.45) is 0 Å². The number of nitro groups is 1. The van der Waals surface area contributed by atoms with Crippen molar-refractivity contribution in [3.8, 4) is 5.75 Å². The number of hydrogen-bond acceptors (Lipinski definition) is 5. The molecule has 152 valence electrons. The largest absolute Gasteiger partial charge is 0.487 e. The topological polar surface area (TPSA) is 111 Å². The Bertz CT molecular complexity index is 1070. The minimum absolute atomic E-state index is 0.109. The zero-order valence-corrected chi connectivity index (χ0v) is 16.1. The number of amides is 2. The van der Waals surface area contributed by atoms with Gasteiger partial charge in [-0.25, -0.2) is 0 Å². The van der Waals surface area contributed by atoms with Crippen LogP contribution in [0.4, 0.5) is 17.1 Å². The van der Waals surface area contributed by atoms with Crippen LogP contribution in [0, 0.1) is 10.1 Å². The third-order valence-corrected chi connectivity index (χ3v) is 4.15. The average Bonchev–Trinajstić information content (AvgIpc) is 2.76. The van der Waals surface area contributed by atoms with E-state index >= 15 is 0 Å². The monoisotopic (exact) mass is 405 g/mol. The molecule has 0 aliphatic rings. The molecule has 0 heterocycles. The van der Waals surface area contributed by atoms with Crippen molar-refractivity contribution in [2.75, 3.05) is 17.2 Å². The average molecular weight is 405 g/mol. The third kappa shape index (κ3) is 4.99. The molecule has 3 aromatic carbocycles. The van der Waals surface area contributed by atoms with Crippen molar-refractivity contribution in [1.29, 1.82) is 0 Å². The quantitative estimate of drug-likeness (QED) is 0.444. The molecule has 2 amide bonds. The number of rotatable bonds is 7. The number of anilines is 2. The van der Waals surface area contributed by atoms with E-state index in [1.165, 1.54) is 18.2 Å². The van der Waals surface area contributed by atoms with Crippen LogP contribution in [-0.4, -0.2) is 23.3 Å². The van der Waals surface area contributed by atoms with Gasteiger partial charge in [0.05, 0.1) is 11.5 Å². The molecule has 3 rings (SSSR count). The zero-order chi connectivity index (χ0) is 21.5. The molecule has 8 heteroatoms. The predicted octanol–water partition coefficient (Wildman–Crippen LogP) is 4.50. The van der Waals surface area contributed by atoms with Gasteiger partial charge in [0.1, 0.15) is 0 Å². The van der Waals surface area contributed by atoms with Crippen molar-refractivity contribution in [1.82, 2.24) is 0 Å². The Balaban J connectivity index is 1.68. The predicted molar refractivity (Wildman–Crippen MR) is 113 cm³/mol. The summed E-state index contributed by atoms with van der Waals surface area (Å²) < 4.78 is 5.22. The summed E-state index contributed by atoms with van der Waals surface area (Å²) in [6, 6.07) is 19.4. The zero-order valence-electron chi connectivity index (χ0n) is 16.1. The van der Waals surface area contributed by atoms with E-state index in [9.17, 15) is 19.7 Å². The van der Waals surface area contributed by atoms with E-state index in [1.54, 1.807) is 55.5 Å².